The van der Waals surface area contributed by atoms with Crippen LogP contribution in [0.5, 0.6) is 0 Å². The Labute approximate surface area is 200 Å². The summed E-state index contributed by atoms with van der Waals surface area (Å²) in [6.07, 6.45) is 8.39. The highest BCUT2D eigenvalue weighted by Crippen LogP contribution is 2.56. The summed E-state index contributed by atoms with van der Waals surface area (Å²) in [5, 5.41) is 22.3. The molecule has 5 fully saturated rings. The molecule has 11 nitrogen and oxygen atoms in total. The quantitative estimate of drug-likeness (QED) is 0.442. The molecule has 2 amide bonds. The average Bonchev–Trinajstić information content (AvgIpc) is 3.50. The molecule has 2 atom stereocenters. The number of piperazine rings is 1. The van der Waals surface area contributed by atoms with Crippen molar-refractivity contribution in [3.63, 3.8) is 0 Å². The second-order valence-corrected chi connectivity index (χ2v) is 10.7. The van der Waals surface area contributed by atoms with Gasteiger partial charge in [0, 0.05) is 36.9 Å². The number of hydrogen-bond donors (Lipinski definition) is 4. The van der Waals surface area contributed by atoms with Gasteiger partial charge < -0.3 is 30.1 Å². The topological polar surface area (TPSA) is 149 Å². The summed E-state index contributed by atoms with van der Waals surface area (Å²) >= 11 is 0. The van der Waals surface area contributed by atoms with E-state index in [2.05, 4.69) is 30.7 Å². The number of nitrogens with zero attached hydrogens (tertiary/aromatic N) is 4. The third kappa shape index (κ3) is 3.40. The Morgan fingerprint density at radius 2 is 2.09 bits per heavy atom. The summed E-state index contributed by atoms with van der Waals surface area (Å²) < 4.78 is 5.54. The van der Waals surface area contributed by atoms with E-state index in [1.165, 1.54) is 4.90 Å². The van der Waals surface area contributed by atoms with Crippen LogP contribution in [0.1, 0.15) is 42.7 Å². The molecule has 1 saturated heterocycles. The molecule has 5 aliphatic rings. The fraction of sp³-hybridized carbons (Fsp3) is 0.542. The number of carbonyl (C=O) groups is 2. The number of aromatic amines is 1. The van der Waals surface area contributed by atoms with E-state index < -0.39 is 11.5 Å². The van der Waals surface area contributed by atoms with E-state index in [4.69, 9.17) is 4.52 Å². The summed E-state index contributed by atoms with van der Waals surface area (Å²) in [5.74, 6) is 0.914. The molecule has 4 aliphatic carbocycles. The normalized spacial score (nSPS) is 31.7. The van der Waals surface area contributed by atoms with Crippen LogP contribution in [0.15, 0.2) is 23.0 Å². The second kappa shape index (κ2) is 7.51. The summed E-state index contributed by atoms with van der Waals surface area (Å²) in [6, 6.07) is 2.20. The van der Waals surface area contributed by atoms with Crippen molar-refractivity contribution < 1.29 is 19.2 Å². The summed E-state index contributed by atoms with van der Waals surface area (Å²) in [7, 11) is 0. The van der Waals surface area contributed by atoms with Gasteiger partial charge in [-0.2, -0.15) is 4.98 Å². The minimum Gasteiger partial charge on any atom is -0.390 e. The molecule has 4 saturated carbocycles. The Morgan fingerprint density at radius 1 is 1.26 bits per heavy atom. The first-order chi connectivity index (χ1) is 17.0. The van der Waals surface area contributed by atoms with Crippen LogP contribution >= 0.6 is 0 Å². The van der Waals surface area contributed by atoms with Gasteiger partial charge in [0.15, 0.2) is 0 Å². The number of rotatable bonds is 4. The third-order valence-electron chi connectivity index (χ3n) is 8.31. The van der Waals surface area contributed by atoms with Crippen molar-refractivity contribution in [2.75, 3.05) is 25.0 Å². The fourth-order valence-electron chi connectivity index (χ4n) is 7.08. The van der Waals surface area contributed by atoms with Gasteiger partial charge in [0.05, 0.1) is 16.9 Å². The van der Waals surface area contributed by atoms with Crippen LogP contribution in [0.25, 0.3) is 22.5 Å². The van der Waals surface area contributed by atoms with E-state index in [9.17, 15) is 14.7 Å². The first kappa shape index (κ1) is 20.9. The molecule has 0 radical (unpaired) electrons. The van der Waals surface area contributed by atoms with E-state index in [1.807, 2.05) is 12.3 Å². The first-order valence-electron chi connectivity index (χ1n) is 12.3. The SMILES string of the molecule is O=C1CN(C(=O)c2noc(-c3cnc4[nH]ccc4c3N[C@H]3C4CC5CC3C[C@@](O)(C5)C4)n2)CCN1. The lowest BCUT2D eigenvalue weighted by Crippen LogP contribution is -2.59. The second-order valence-electron chi connectivity index (χ2n) is 10.7. The molecule has 8 rings (SSSR count). The minimum atomic E-state index is -0.508. The van der Waals surface area contributed by atoms with Crippen LogP contribution in [0, 0.1) is 17.8 Å². The number of aromatic nitrogens is 4. The molecular formula is C24H27N7O4. The number of anilines is 1. The zero-order valence-corrected chi connectivity index (χ0v) is 19.2. The van der Waals surface area contributed by atoms with Crippen LogP contribution in [-0.4, -0.2) is 73.2 Å². The van der Waals surface area contributed by atoms with Gasteiger partial charge in [0.1, 0.15) is 12.2 Å². The Morgan fingerprint density at radius 3 is 2.86 bits per heavy atom. The predicted octanol–water partition coefficient (Wildman–Crippen LogP) is 1.54. The number of H-pyrrole nitrogens is 1. The van der Waals surface area contributed by atoms with Gasteiger partial charge in [0.25, 0.3) is 17.6 Å². The number of nitrogens with one attached hydrogen (secondary N) is 3. The molecule has 2 unspecified atom stereocenters. The average molecular weight is 478 g/mol. The van der Waals surface area contributed by atoms with Gasteiger partial charge in [-0.3, -0.25) is 9.59 Å². The van der Waals surface area contributed by atoms with Crippen LogP contribution in [0.2, 0.25) is 0 Å². The maximum atomic E-state index is 12.9. The number of amides is 2. The lowest BCUT2D eigenvalue weighted by molar-refractivity contribution is -0.129. The molecule has 35 heavy (non-hydrogen) atoms. The maximum Gasteiger partial charge on any atom is 0.295 e. The standard InChI is InChI=1S/C24H27N7O4/c32-17-11-31(4-3-25-17)23(33)21-29-22(35-30-21)16-10-27-20-15(1-2-26-20)19(16)28-18-13-5-12-6-14(18)9-24(34,7-12)8-13/h1-2,10,12-14,18,34H,3-9,11H2,(H,25,32)(H2,26,27,28)/t12?,13?,14?,18-,24+. The molecule has 3 aromatic rings. The lowest BCUT2D eigenvalue weighted by atomic mass is 9.52. The van der Waals surface area contributed by atoms with Crippen molar-refractivity contribution >= 4 is 28.5 Å². The van der Waals surface area contributed by atoms with Crippen molar-refractivity contribution in [3.8, 4) is 11.5 Å². The van der Waals surface area contributed by atoms with Gasteiger partial charge in [-0.15, -0.1) is 0 Å². The smallest absolute Gasteiger partial charge is 0.295 e. The van der Waals surface area contributed by atoms with Crippen molar-refractivity contribution in [1.82, 2.24) is 30.3 Å². The van der Waals surface area contributed by atoms with Gasteiger partial charge in [-0.25, -0.2) is 4.98 Å². The largest absolute Gasteiger partial charge is 0.390 e. The molecule has 4 heterocycles. The maximum absolute atomic E-state index is 12.9. The Hall–Kier alpha value is -3.47. The third-order valence-corrected chi connectivity index (χ3v) is 8.31. The summed E-state index contributed by atoms with van der Waals surface area (Å²) in [4.78, 5) is 38.0. The number of carbonyl (C=O) groups excluding carboxylic acids is 2. The molecule has 182 valence electrons. The van der Waals surface area contributed by atoms with Crippen LogP contribution in [-0.2, 0) is 4.79 Å². The van der Waals surface area contributed by atoms with Crippen LogP contribution in [0.4, 0.5) is 5.69 Å². The highest BCUT2D eigenvalue weighted by atomic mass is 16.5. The molecule has 0 spiro atoms. The number of fused-ring (bicyclic) bond motifs is 1. The molecule has 3 aromatic heterocycles. The lowest BCUT2D eigenvalue weighted by Gasteiger charge is -2.58. The van der Waals surface area contributed by atoms with Crippen molar-refractivity contribution in [2.45, 2.75) is 43.7 Å². The van der Waals surface area contributed by atoms with E-state index >= 15 is 0 Å². The first-order valence-corrected chi connectivity index (χ1v) is 12.3. The Balaban J connectivity index is 1.22. The van der Waals surface area contributed by atoms with E-state index in [0.717, 1.165) is 48.8 Å². The summed E-state index contributed by atoms with van der Waals surface area (Å²) in [6.45, 7) is 0.775. The zero-order valence-electron chi connectivity index (χ0n) is 19.2. The van der Waals surface area contributed by atoms with Gasteiger partial charge in [-0.1, -0.05) is 5.16 Å². The molecule has 11 heteroatoms. The zero-order chi connectivity index (χ0) is 23.7. The molecule has 4 bridgehead atoms. The predicted molar refractivity (Wildman–Crippen MR) is 124 cm³/mol. The van der Waals surface area contributed by atoms with Crippen molar-refractivity contribution in [2.24, 2.45) is 17.8 Å². The van der Waals surface area contributed by atoms with Crippen molar-refractivity contribution in [1.29, 1.82) is 0 Å². The van der Waals surface area contributed by atoms with E-state index in [1.54, 1.807) is 6.20 Å². The minimum absolute atomic E-state index is 0.0236. The number of pyridine rings is 1. The van der Waals surface area contributed by atoms with Crippen molar-refractivity contribution in [3.05, 3.63) is 24.3 Å². The van der Waals surface area contributed by atoms with Crippen LogP contribution < -0.4 is 10.6 Å². The van der Waals surface area contributed by atoms with Crippen LogP contribution in [0.3, 0.4) is 0 Å². The number of aliphatic hydroxyl groups is 1. The van der Waals surface area contributed by atoms with Gasteiger partial charge >= 0.3 is 0 Å². The molecule has 4 N–H and O–H groups in total. The molecule has 1 aliphatic heterocycles. The number of hydrogen-bond acceptors (Lipinski definition) is 8. The van der Waals surface area contributed by atoms with Gasteiger partial charge in [-0.05, 0) is 55.9 Å². The Bertz CT molecular complexity index is 1320. The highest BCUT2D eigenvalue weighted by Gasteiger charge is 2.54. The van der Waals surface area contributed by atoms with Gasteiger partial charge in [0.2, 0.25) is 5.91 Å². The highest BCUT2D eigenvalue weighted by molar-refractivity contribution is 5.98. The molecular weight excluding hydrogens is 450 g/mol. The summed E-state index contributed by atoms with van der Waals surface area (Å²) in [5.41, 5.74) is 1.72. The Kier molecular flexibility index (Phi) is 4.48. The van der Waals surface area contributed by atoms with E-state index in [-0.39, 0.29) is 30.2 Å². The monoisotopic (exact) mass is 477 g/mol. The molecule has 0 aromatic carbocycles. The fourth-order valence-corrected chi connectivity index (χ4v) is 7.08. The van der Waals surface area contributed by atoms with E-state index in [0.29, 0.717) is 36.4 Å².